The quantitative estimate of drug-likeness (QED) is 0.733. The van der Waals surface area contributed by atoms with Crippen molar-refractivity contribution in [2.45, 2.75) is 26.7 Å². The van der Waals surface area contributed by atoms with Crippen molar-refractivity contribution >= 4 is 23.3 Å². The summed E-state index contributed by atoms with van der Waals surface area (Å²) in [5, 5.41) is 5.63. The Morgan fingerprint density at radius 3 is 2.31 bits per heavy atom. The number of nitrogens with one attached hydrogen (secondary N) is 2. The van der Waals surface area contributed by atoms with Crippen LogP contribution in [0.5, 0.6) is 0 Å². The lowest BCUT2D eigenvalue weighted by Gasteiger charge is -2.23. The monoisotopic (exact) mass is 357 g/mol. The standard InChI is InChI=1S/C20H24FN3O2/c1-3-19(25)22-13-4-14-24(18-11-7-16(21)8-12-18)20(26)23-17-9-5-15(2)6-10-17/h5-12H,3-4,13-14H2,1-2H3,(H,22,25)(H,23,26). The molecule has 0 aromatic heterocycles. The molecule has 2 aromatic rings. The number of anilines is 2. The van der Waals surface area contributed by atoms with E-state index < -0.39 is 0 Å². The van der Waals surface area contributed by atoms with Crippen LogP contribution in [0.3, 0.4) is 0 Å². The summed E-state index contributed by atoms with van der Waals surface area (Å²) in [7, 11) is 0. The number of aryl methyl sites for hydroxylation is 1. The van der Waals surface area contributed by atoms with Crippen molar-refractivity contribution < 1.29 is 14.0 Å². The molecule has 6 heteroatoms. The molecule has 0 atom stereocenters. The van der Waals surface area contributed by atoms with Crippen molar-refractivity contribution in [3.63, 3.8) is 0 Å². The summed E-state index contributed by atoms with van der Waals surface area (Å²) in [5.74, 6) is -0.384. The predicted molar refractivity (Wildman–Crippen MR) is 102 cm³/mol. The molecule has 138 valence electrons. The number of amides is 3. The van der Waals surface area contributed by atoms with Crippen LogP contribution in [0.25, 0.3) is 0 Å². The van der Waals surface area contributed by atoms with Gasteiger partial charge in [0.1, 0.15) is 5.82 Å². The maximum Gasteiger partial charge on any atom is 0.326 e. The van der Waals surface area contributed by atoms with E-state index in [2.05, 4.69) is 10.6 Å². The molecular weight excluding hydrogens is 333 g/mol. The van der Waals surface area contributed by atoms with Crippen LogP contribution in [-0.4, -0.2) is 25.0 Å². The lowest BCUT2D eigenvalue weighted by Crippen LogP contribution is -2.37. The molecule has 0 spiro atoms. The molecule has 0 bridgehead atoms. The van der Waals surface area contributed by atoms with Gasteiger partial charge in [-0.2, -0.15) is 0 Å². The van der Waals surface area contributed by atoms with Crippen molar-refractivity contribution in [2.24, 2.45) is 0 Å². The van der Waals surface area contributed by atoms with E-state index in [-0.39, 0.29) is 17.8 Å². The second kappa shape index (κ2) is 9.56. The fraction of sp³-hybridized carbons (Fsp3) is 0.300. The Balaban J connectivity index is 2.06. The minimum Gasteiger partial charge on any atom is -0.356 e. The van der Waals surface area contributed by atoms with Gasteiger partial charge in [0.05, 0.1) is 0 Å². The van der Waals surface area contributed by atoms with Crippen molar-refractivity contribution in [3.8, 4) is 0 Å². The van der Waals surface area contributed by atoms with E-state index in [1.807, 2.05) is 31.2 Å². The van der Waals surface area contributed by atoms with Gasteiger partial charge in [-0.3, -0.25) is 9.69 Å². The molecule has 2 N–H and O–H groups in total. The topological polar surface area (TPSA) is 61.4 Å². The summed E-state index contributed by atoms with van der Waals surface area (Å²) in [6.45, 7) is 4.63. The fourth-order valence-corrected chi connectivity index (χ4v) is 2.39. The molecule has 2 rings (SSSR count). The highest BCUT2D eigenvalue weighted by Gasteiger charge is 2.16. The number of halogens is 1. The molecule has 0 aliphatic carbocycles. The van der Waals surface area contributed by atoms with E-state index >= 15 is 0 Å². The van der Waals surface area contributed by atoms with Crippen LogP contribution in [0.4, 0.5) is 20.6 Å². The average molecular weight is 357 g/mol. The third kappa shape index (κ3) is 5.88. The molecule has 0 unspecified atom stereocenters. The Morgan fingerprint density at radius 1 is 1.04 bits per heavy atom. The van der Waals surface area contributed by atoms with Crippen LogP contribution in [0, 0.1) is 12.7 Å². The minimum atomic E-state index is -0.358. The Kier molecular flexibility index (Phi) is 7.14. The summed E-state index contributed by atoms with van der Waals surface area (Å²) in [4.78, 5) is 25.6. The maximum absolute atomic E-state index is 13.2. The number of benzene rings is 2. The lowest BCUT2D eigenvalue weighted by atomic mass is 10.2. The highest BCUT2D eigenvalue weighted by Crippen LogP contribution is 2.18. The molecule has 2 aromatic carbocycles. The van der Waals surface area contributed by atoms with Gasteiger partial charge in [-0.15, -0.1) is 0 Å². The van der Waals surface area contributed by atoms with Gasteiger partial charge in [0.15, 0.2) is 0 Å². The van der Waals surface area contributed by atoms with E-state index in [0.29, 0.717) is 37.3 Å². The first-order valence-electron chi connectivity index (χ1n) is 8.67. The van der Waals surface area contributed by atoms with Crippen molar-refractivity contribution in [1.29, 1.82) is 0 Å². The molecule has 0 radical (unpaired) electrons. The summed E-state index contributed by atoms with van der Waals surface area (Å²) in [6, 6.07) is 13.0. The number of hydrogen-bond acceptors (Lipinski definition) is 2. The van der Waals surface area contributed by atoms with Crippen LogP contribution >= 0.6 is 0 Å². The highest BCUT2D eigenvalue weighted by atomic mass is 19.1. The largest absolute Gasteiger partial charge is 0.356 e. The molecule has 0 saturated heterocycles. The number of carbonyl (C=O) groups excluding carboxylic acids is 2. The normalized spacial score (nSPS) is 10.3. The number of urea groups is 1. The summed E-state index contributed by atoms with van der Waals surface area (Å²) < 4.78 is 13.2. The van der Waals surface area contributed by atoms with E-state index in [9.17, 15) is 14.0 Å². The van der Waals surface area contributed by atoms with Crippen molar-refractivity contribution in [2.75, 3.05) is 23.3 Å². The number of rotatable bonds is 7. The first-order chi connectivity index (χ1) is 12.5. The van der Waals surface area contributed by atoms with Gasteiger partial charge in [-0.05, 0) is 49.7 Å². The van der Waals surface area contributed by atoms with Crippen LogP contribution < -0.4 is 15.5 Å². The Morgan fingerprint density at radius 2 is 1.69 bits per heavy atom. The number of carbonyl (C=O) groups is 2. The molecule has 0 aliphatic rings. The average Bonchev–Trinajstić information content (AvgIpc) is 2.64. The first-order valence-corrected chi connectivity index (χ1v) is 8.67. The van der Waals surface area contributed by atoms with Crippen LogP contribution in [0.2, 0.25) is 0 Å². The zero-order valence-corrected chi connectivity index (χ0v) is 15.1. The first kappa shape index (κ1) is 19.4. The van der Waals surface area contributed by atoms with Gasteiger partial charge >= 0.3 is 6.03 Å². The number of hydrogen-bond donors (Lipinski definition) is 2. The summed E-state index contributed by atoms with van der Waals surface area (Å²) in [6.07, 6.45) is 1.01. The molecule has 0 heterocycles. The summed E-state index contributed by atoms with van der Waals surface area (Å²) >= 11 is 0. The lowest BCUT2D eigenvalue weighted by molar-refractivity contribution is -0.120. The van der Waals surface area contributed by atoms with Gasteiger partial charge in [0.2, 0.25) is 5.91 Å². The van der Waals surface area contributed by atoms with E-state index in [1.54, 1.807) is 19.1 Å². The second-order valence-corrected chi connectivity index (χ2v) is 5.98. The van der Waals surface area contributed by atoms with Gasteiger partial charge in [0.25, 0.3) is 0 Å². The van der Waals surface area contributed by atoms with Gasteiger partial charge in [-0.25, -0.2) is 9.18 Å². The predicted octanol–water partition coefficient (Wildman–Crippen LogP) is 4.09. The van der Waals surface area contributed by atoms with E-state index in [1.165, 1.54) is 17.0 Å². The molecule has 0 fully saturated rings. The SMILES string of the molecule is CCC(=O)NCCCN(C(=O)Nc1ccc(C)cc1)c1ccc(F)cc1. The zero-order chi connectivity index (χ0) is 18.9. The molecule has 26 heavy (non-hydrogen) atoms. The van der Waals surface area contributed by atoms with Gasteiger partial charge < -0.3 is 10.6 Å². The molecular formula is C20H24FN3O2. The second-order valence-electron chi connectivity index (χ2n) is 5.98. The zero-order valence-electron chi connectivity index (χ0n) is 15.1. The van der Waals surface area contributed by atoms with E-state index in [0.717, 1.165) is 5.56 Å². The van der Waals surface area contributed by atoms with Crippen molar-refractivity contribution in [1.82, 2.24) is 5.32 Å². The minimum absolute atomic E-state index is 0.0255. The Labute approximate surface area is 153 Å². The Bertz CT molecular complexity index is 730. The molecule has 5 nitrogen and oxygen atoms in total. The summed E-state index contributed by atoms with van der Waals surface area (Å²) in [5.41, 5.74) is 2.38. The van der Waals surface area contributed by atoms with E-state index in [4.69, 9.17) is 0 Å². The third-order valence-electron chi connectivity index (χ3n) is 3.89. The van der Waals surface area contributed by atoms with Crippen LogP contribution in [-0.2, 0) is 4.79 Å². The van der Waals surface area contributed by atoms with Crippen LogP contribution in [0.15, 0.2) is 48.5 Å². The smallest absolute Gasteiger partial charge is 0.326 e. The van der Waals surface area contributed by atoms with Gasteiger partial charge in [0, 0.05) is 30.9 Å². The van der Waals surface area contributed by atoms with Gasteiger partial charge in [-0.1, -0.05) is 24.6 Å². The third-order valence-corrected chi connectivity index (χ3v) is 3.89. The van der Waals surface area contributed by atoms with Crippen molar-refractivity contribution in [3.05, 3.63) is 59.9 Å². The fourth-order valence-electron chi connectivity index (χ4n) is 2.39. The maximum atomic E-state index is 13.2. The molecule has 0 aliphatic heterocycles. The Hall–Kier alpha value is -2.89. The highest BCUT2D eigenvalue weighted by molar-refractivity contribution is 6.01. The molecule has 3 amide bonds. The molecule has 0 saturated carbocycles. The van der Waals surface area contributed by atoms with Crippen LogP contribution in [0.1, 0.15) is 25.3 Å². The number of nitrogens with zero attached hydrogens (tertiary/aromatic N) is 1.